The van der Waals surface area contributed by atoms with Gasteiger partial charge in [0.15, 0.2) is 0 Å². The molecule has 0 aromatic carbocycles. The second-order valence-electron chi connectivity index (χ2n) is 9.09. The average molecular weight is 346 g/mol. The summed E-state index contributed by atoms with van der Waals surface area (Å²) in [6, 6.07) is 0. The lowest BCUT2D eigenvalue weighted by molar-refractivity contribution is 0.434. The lowest BCUT2D eigenvalue weighted by Gasteiger charge is -2.38. The second kappa shape index (κ2) is 4.85. The van der Waals surface area contributed by atoms with Crippen molar-refractivity contribution in [2.75, 3.05) is 6.66 Å². The zero-order valence-corrected chi connectivity index (χ0v) is 18.4. The van der Waals surface area contributed by atoms with E-state index in [-0.39, 0.29) is 15.2 Å². The monoisotopic (exact) mass is 346 g/mol. The zero-order chi connectivity index (χ0) is 15.7. The van der Waals surface area contributed by atoms with E-state index in [4.69, 9.17) is 0 Å². The lowest BCUT2D eigenvalue weighted by Crippen LogP contribution is -2.29. The third-order valence-electron chi connectivity index (χ3n) is 4.02. The molecule has 2 bridgehead atoms. The molecule has 0 fully saturated rings. The molecule has 114 valence electrons. The molecule has 0 saturated carbocycles. The number of rotatable bonds is 0. The van der Waals surface area contributed by atoms with Gasteiger partial charge in [0, 0.05) is 0 Å². The predicted octanol–water partition coefficient (Wildman–Crippen LogP) is 7.47. The van der Waals surface area contributed by atoms with Crippen molar-refractivity contribution in [1.29, 1.82) is 0 Å². The van der Waals surface area contributed by atoms with Crippen molar-refractivity contribution in [3.8, 4) is 0 Å². The Morgan fingerprint density at radius 3 is 1.30 bits per heavy atom. The number of fused-ring (bicyclic) bond motifs is 2. The van der Waals surface area contributed by atoms with Crippen LogP contribution in [0.5, 0.6) is 0 Å². The van der Waals surface area contributed by atoms with Crippen molar-refractivity contribution >= 4 is 41.7 Å². The highest BCUT2D eigenvalue weighted by molar-refractivity contribution is 8.54. The molecule has 2 rings (SSSR count). The lowest BCUT2D eigenvalue weighted by atomic mass is 9.99. The summed E-state index contributed by atoms with van der Waals surface area (Å²) >= 11 is 0. The van der Waals surface area contributed by atoms with Crippen LogP contribution in [0.4, 0.5) is 0 Å². The van der Waals surface area contributed by atoms with E-state index >= 15 is 0 Å². The van der Waals surface area contributed by atoms with E-state index in [1.165, 1.54) is 0 Å². The van der Waals surface area contributed by atoms with E-state index in [0.29, 0.717) is 20.9 Å². The summed E-state index contributed by atoms with van der Waals surface area (Å²) in [7, 11) is 3.53. The maximum atomic E-state index is 2.61. The van der Waals surface area contributed by atoms with E-state index in [1.807, 2.05) is 10.1 Å². The Balaban J connectivity index is 2.65. The minimum absolute atomic E-state index is 0.0276. The SMILES string of the molecule is CP1P2C(C(C)(C)C)=PC1(C(C)(C)C)P=C2C(C)(C)C. The Hall–Kier alpha value is 1.20. The topological polar surface area (TPSA) is 0 Å². The highest BCUT2D eigenvalue weighted by Gasteiger charge is 2.60. The Morgan fingerprint density at radius 1 is 0.750 bits per heavy atom. The van der Waals surface area contributed by atoms with Crippen molar-refractivity contribution < 1.29 is 0 Å². The summed E-state index contributed by atoms with van der Waals surface area (Å²) in [5, 5.41) is 3.78. The number of hydrogen-bond acceptors (Lipinski definition) is 0. The first-order valence-electron chi connectivity index (χ1n) is 7.46. The highest BCUT2D eigenvalue weighted by Crippen LogP contribution is 2.96. The molecular formula is C16H30P4. The predicted molar refractivity (Wildman–Crippen MR) is 105 cm³/mol. The Morgan fingerprint density at radius 2 is 1.10 bits per heavy atom. The van der Waals surface area contributed by atoms with Crippen molar-refractivity contribution in [1.82, 2.24) is 0 Å². The summed E-state index contributed by atoms with van der Waals surface area (Å²) in [6.07, 6.45) is 0. The quantitative estimate of drug-likeness (QED) is 0.399. The molecule has 0 nitrogen and oxygen atoms in total. The van der Waals surface area contributed by atoms with Crippen LogP contribution in [0.2, 0.25) is 0 Å². The van der Waals surface area contributed by atoms with Crippen molar-refractivity contribution in [2.24, 2.45) is 16.2 Å². The van der Waals surface area contributed by atoms with E-state index in [1.54, 1.807) is 16.4 Å². The van der Waals surface area contributed by atoms with Gasteiger partial charge in [-0.05, 0) is 40.6 Å². The highest BCUT2D eigenvalue weighted by atomic mass is 32.1. The number of hydrogen-bond donors (Lipinski definition) is 0. The van der Waals surface area contributed by atoms with Gasteiger partial charge in [0.25, 0.3) is 0 Å². The van der Waals surface area contributed by atoms with E-state index in [9.17, 15) is 0 Å². The van der Waals surface area contributed by atoms with Gasteiger partial charge in [0.2, 0.25) is 0 Å². The largest absolute Gasteiger partial charge is 0.0827 e. The standard InChI is InChI=1S/C16H30P4/c1-13(2,3)11-17-16(15(7,8)9)18-12(14(4,5)6)20(11)19(16)10/h1-10H3. The normalized spacial score (nSPS) is 35.9. The first-order valence-corrected chi connectivity index (χ1v) is 13.1. The Labute approximate surface area is 131 Å². The van der Waals surface area contributed by atoms with E-state index in [2.05, 4.69) is 69.0 Å². The molecular weight excluding hydrogens is 316 g/mol. The molecule has 0 aromatic heterocycles. The van der Waals surface area contributed by atoms with Gasteiger partial charge in [0.05, 0.1) is 4.64 Å². The molecule has 0 aromatic rings. The molecule has 1 unspecified atom stereocenters. The third kappa shape index (κ3) is 2.52. The molecule has 2 aliphatic rings. The molecule has 0 saturated heterocycles. The van der Waals surface area contributed by atoms with Crippen LogP contribution >= 0.6 is 31.6 Å². The third-order valence-corrected chi connectivity index (χ3v) is 22.7. The minimum Gasteiger partial charge on any atom is -0.0775 e. The van der Waals surface area contributed by atoms with E-state index in [0.717, 1.165) is 0 Å². The van der Waals surface area contributed by atoms with Crippen LogP contribution in [0.1, 0.15) is 62.3 Å². The fourth-order valence-electron chi connectivity index (χ4n) is 2.88. The van der Waals surface area contributed by atoms with Gasteiger partial charge in [-0.15, -0.1) is 0 Å². The fraction of sp³-hybridized carbons (Fsp3) is 0.875. The summed E-state index contributed by atoms with van der Waals surface area (Å²) in [6.45, 7) is 24.7. The van der Waals surface area contributed by atoms with Crippen molar-refractivity contribution in [2.45, 2.75) is 67.0 Å². The van der Waals surface area contributed by atoms with Crippen LogP contribution in [0.25, 0.3) is 0 Å². The first-order chi connectivity index (χ1) is 8.72. The van der Waals surface area contributed by atoms with Gasteiger partial charge in [0.1, 0.15) is 0 Å². The van der Waals surface area contributed by atoms with Gasteiger partial charge < -0.3 is 0 Å². The molecule has 2 aliphatic heterocycles. The van der Waals surface area contributed by atoms with Crippen molar-refractivity contribution in [3.63, 3.8) is 0 Å². The van der Waals surface area contributed by atoms with Crippen LogP contribution in [-0.2, 0) is 0 Å². The molecule has 20 heavy (non-hydrogen) atoms. The average Bonchev–Trinajstić information content (AvgIpc) is 2.66. The smallest absolute Gasteiger partial charge is 0.0775 e. The van der Waals surface area contributed by atoms with Crippen LogP contribution in [0, 0.1) is 16.2 Å². The molecule has 2 heterocycles. The Bertz CT molecular complexity index is 448. The maximum Gasteiger partial charge on any atom is 0.0827 e. The van der Waals surface area contributed by atoms with Gasteiger partial charge in [-0.25, -0.2) is 0 Å². The maximum absolute atomic E-state index is 2.61. The minimum atomic E-state index is 0.0276. The van der Waals surface area contributed by atoms with Crippen molar-refractivity contribution in [3.05, 3.63) is 0 Å². The van der Waals surface area contributed by atoms with Crippen LogP contribution in [0.3, 0.4) is 0 Å². The van der Waals surface area contributed by atoms with Gasteiger partial charge in [-0.2, -0.15) is 0 Å². The summed E-state index contributed by atoms with van der Waals surface area (Å²) in [5.41, 5.74) is 1.17. The van der Waals surface area contributed by atoms with Gasteiger partial charge in [-0.3, -0.25) is 0 Å². The second-order valence-corrected chi connectivity index (χ2v) is 19.8. The van der Waals surface area contributed by atoms with Gasteiger partial charge >= 0.3 is 0 Å². The molecule has 0 amide bonds. The first kappa shape index (κ1) is 17.6. The molecule has 0 radical (unpaired) electrons. The van der Waals surface area contributed by atoms with Crippen LogP contribution in [-0.4, -0.2) is 21.4 Å². The fourth-order valence-corrected chi connectivity index (χ4v) is 25.0. The molecule has 0 aliphatic carbocycles. The molecule has 0 N–H and O–H groups in total. The molecule has 4 heteroatoms. The van der Waals surface area contributed by atoms with Crippen LogP contribution in [0.15, 0.2) is 0 Å². The molecule has 0 spiro atoms. The van der Waals surface area contributed by atoms with Gasteiger partial charge in [-0.1, -0.05) is 86.3 Å². The summed E-state index contributed by atoms with van der Waals surface area (Å²) in [5.74, 6) is 0. The Kier molecular flexibility index (Phi) is 4.25. The zero-order valence-electron chi connectivity index (χ0n) is 14.8. The summed E-state index contributed by atoms with van der Waals surface area (Å²) in [4.78, 5) is 0. The van der Waals surface area contributed by atoms with Crippen LogP contribution < -0.4 is 0 Å². The van der Waals surface area contributed by atoms with E-state index < -0.39 is 0 Å². The summed E-state index contributed by atoms with van der Waals surface area (Å²) < 4.78 is 0.527. The molecule has 1 atom stereocenters.